The number of pyridine rings is 1. The van der Waals surface area contributed by atoms with E-state index in [1.165, 1.54) is 88.5 Å². The van der Waals surface area contributed by atoms with Crippen LogP contribution in [-0.4, -0.2) is 4.98 Å². The minimum Gasteiger partial charge on any atom is -0.247 e. The third-order valence-corrected chi connectivity index (χ3v) is 11.7. The lowest BCUT2D eigenvalue weighted by Crippen LogP contribution is -2.26. The molecule has 0 amide bonds. The van der Waals surface area contributed by atoms with Gasteiger partial charge in [-0.25, -0.2) is 4.98 Å². The summed E-state index contributed by atoms with van der Waals surface area (Å²) in [6.07, 6.45) is 0. The first-order valence-corrected chi connectivity index (χ1v) is 17.0. The monoisotopic (exact) mass is 609 g/mol. The van der Waals surface area contributed by atoms with Crippen molar-refractivity contribution in [3.05, 3.63) is 185 Å². The van der Waals surface area contributed by atoms with Crippen molar-refractivity contribution < 1.29 is 0 Å². The van der Waals surface area contributed by atoms with E-state index >= 15 is 0 Å². The summed E-state index contributed by atoms with van der Waals surface area (Å²) in [5.41, 5.74) is 19.2. The van der Waals surface area contributed by atoms with Gasteiger partial charge in [0, 0.05) is 21.8 Å². The Bertz CT molecular complexity index is 2660. The van der Waals surface area contributed by atoms with Crippen LogP contribution in [0.3, 0.4) is 0 Å². The molecule has 1 heteroatoms. The van der Waals surface area contributed by atoms with Gasteiger partial charge in [0.1, 0.15) is 0 Å². The largest absolute Gasteiger partial charge is 0.247 e. The lowest BCUT2D eigenvalue weighted by Gasteiger charge is -2.31. The van der Waals surface area contributed by atoms with Crippen LogP contribution in [0.25, 0.3) is 66.3 Å². The van der Waals surface area contributed by atoms with Crippen molar-refractivity contribution in [3.63, 3.8) is 0 Å². The summed E-state index contributed by atoms with van der Waals surface area (Å²) in [6, 6.07) is 56.6. The molecule has 0 bridgehead atoms. The number of benzene rings is 7. The molecule has 0 saturated heterocycles. The molecule has 1 spiro atoms. The van der Waals surface area contributed by atoms with Gasteiger partial charge in [-0.15, -0.1) is 0 Å². The van der Waals surface area contributed by atoms with Crippen LogP contribution in [0.4, 0.5) is 0 Å². The molecular weight excluding hydrogens is 579 g/mol. The maximum atomic E-state index is 5.26. The van der Waals surface area contributed by atoms with E-state index in [1.54, 1.807) is 0 Å². The molecule has 11 rings (SSSR count). The van der Waals surface area contributed by atoms with Crippen LogP contribution >= 0.6 is 0 Å². The quantitative estimate of drug-likeness (QED) is 0.169. The number of hydrogen-bond acceptors (Lipinski definition) is 1. The molecule has 48 heavy (non-hydrogen) atoms. The summed E-state index contributed by atoms with van der Waals surface area (Å²) < 4.78 is 0. The summed E-state index contributed by atoms with van der Waals surface area (Å²) in [7, 11) is 0. The molecule has 1 heterocycles. The van der Waals surface area contributed by atoms with E-state index in [1.807, 2.05) is 0 Å². The molecule has 0 saturated carbocycles. The number of nitrogens with zero attached hydrogens (tertiary/aromatic N) is 1. The van der Waals surface area contributed by atoms with Crippen molar-refractivity contribution in [3.8, 4) is 44.6 Å². The van der Waals surface area contributed by atoms with Crippen molar-refractivity contribution in [1.29, 1.82) is 0 Å². The fourth-order valence-electron chi connectivity index (χ4n) is 9.59. The molecule has 0 fully saturated rings. The fraction of sp³-hybridized carbons (Fsp3) is 0.0851. The second-order valence-corrected chi connectivity index (χ2v) is 14.2. The van der Waals surface area contributed by atoms with E-state index in [9.17, 15) is 0 Å². The van der Waals surface area contributed by atoms with Gasteiger partial charge in [0.2, 0.25) is 0 Å². The second-order valence-electron chi connectivity index (χ2n) is 14.2. The highest BCUT2D eigenvalue weighted by Crippen LogP contribution is 2.64. The zero-order valence-corrected chi connectivity index (χ0v) is 26.9. The highest BCUT2D eigenvalue weighted by molar-refractivity contribution is 6.11. The molecule has 0 aliphatic heterocycles. The van der Waals surface area contributed by atoms with Crippen LogP contribution in [0.15, 0.2) is 152 Å². The van der Waals surface area contributed by atoms with E-state index in [-0.39, 0.29) is 10.8 Å². The third kappa shape index (κ3) is 3.06. The van der Waals surface area contributed by atoms with Gasteiger partial charge in [-0.2, -0.15) is 0 Å². The number of rotatable bonds is 1. The number of para-hydroxylation sites is 1. The van der Waals surface area contributed by atoms with Gasteiger partial charge < -0.3 is 0 Å². The van der Waals surface area contributed by atoms with Crippen LogP contribution in [0.1, 0.15) is 47.2 Å². The molecule has 0 radical (unpaired) electrons. The molecule has 0 unspecified atom stereocenters. The Morgan fingerprint density at radius 3 is 1.54 bits per heavy atom. The molecule has 0 atom stereocenters. The highest BCUT2D eigenvalue weighted by Gasteiger charge is 2.52. The van der Waals surface area contributed by atoms with Crippen molar-refractivity contribution >= 4 is 21.7 Å². The molecule has 3 aliphatic rings. The summed E-state index contributed by atoms with van der Waals surface area (Å²) in [6.45, 7) is 4.80. The molecular formula is C47H31N. The maximum absolute atomic E-state index is 5.26. The second kappa shape index (κ2) is 8.97. The lowest BCUT2D eigenvalue weighted by molar-refractivity contribution is 0.660. The number of fused-ring (bicyclic) bond motifs is 16. The maximum Gasteiger partial charge on any atom is 0.0788 e. The molecule has 1 aromatic heterocycles. The van der Waals surface area contributed by atoms with Gasteiger partial charge in [-0.05, 0) is 96.4 Å². The SMILES string of the molecule is CC1(C)c2cc(-c3nc4ccccc4c4ccccc34)ccc2-c2cc3c(cc21)-c1ccccc1C31c2ccccc2-c2ccccc21. The normalized spacial score (nSPS) is 15.2. The molecule has 7 aromatic carbocycles. The van der Waals surface area contributed by atoms with Gasteiger partial charge in [0.25, 0.3) is 0 Å². The fourth-order valence-corrected chi connectivity index (χ4v) is 9.59. The van der Waals surface area contributed by atoms with Gasteiger partial charge in [-0.1, -0.05) is 141 Å². The van der Waals surface area contributed by atoms with Gasteiger partial charge in [0.05, 0.1) is 16.6 Å². The van der Waals surface area contributed by atoms with Crippen LogP contribution in [0.2, 0.25) is 0 Å². The molecule has 8 aromatic rings. The molecule has 1 nitrogen and oxygen atoms in total. The minimum atomic E-state index is -0.338. The van der Waals surface area contributed by atoms with Crippen molar-refractivity contribution in [2.45, 2.75) is 24.7 Å². The summed E-state index contributed by atoms with van der Waals surface area (Å²) in [5, 5.41) is 3.64. The van der Waals surface area contributed by atoms with E-state index in [0.29, 0.717) is 0 Å². The van der Waals surface area contributed by atoms with E-state index < -0.39 is 0 Å². The predicted molar refractivity (Wildman–Crippen MR) is 199 cm³/mol. The molecule has 224 valence electrons. The van der Waals surface area contributed by atoms with Crippen molar-refractivity contribution in [1.82, 2.24) is 4.98 Å². The van der Waals surface area contributed by atoms with Crippen molar-refractivity contribution in [2.24, 2.45) is 0 Å². The van der Waals surface area contributed by atoms with E-state index in [0.717, 1.165) is 11.2 Å². The Labute approximate surface area is 280 Å². The first-order chi connectivity index (χ1) is 23.6. The van der Waals surface area contributed by atoms with Crippen LogP contribution in [-0.2, 0) is 10.8 Å². The van der Waals surface area contributed by atoms with Gasteiger partial charge in [-0.3, -0.25) is 0 Å². The standard InChI is InChI=1S/C47H31N/c1-46(2)41-25-28(45-35-18-4-3-13-29(35)34-17-8-12-22-44(34)48-45)23-24-33(41)36-27-43-37(26-42(36)46)32-16-7-11-21-40(32)47(43)38-19-9-5-14-30(38)31-15-6-10-20-39(31)47/h3-27H,1-2H3. The average Bonchev–Trinajstić information content (AvgIpc) is 3.69. The first-order valence-electron chi connectivity index (χ1n) is 17.0. The predicted octanol–water partition coefficient (Wildman–Crippen LogP) is 11.7. The zero-order chi connectivity index (χ0) is 31.8. The Balaban J connectivity index is 1.17. The lowest BCUT2D eigenvalue weighted by atomic mass is 9.70. The minimum absolute atomic E-state index is 0.168. The van der Waals surface area contributed by atoms with Crippen molar-refractivity contribution in [2.75, 3.05) is 0 Å². The summed E-state index contributed by atoms with van der Waals surface area (Å²) in [4.78, 5) is 5.26. The van der Waals surface area contributed by atoms with E-state index in [4.69, 9.17) is 4.98 Å². The van der Waals surface area contributed by atoms with Crippen LogP contribution in [0, 0.1) is 0 Å². The molecule has 0 N–H and O–H groups in total. The van der Waals surface area contributed by atoms with Gasteiger partial charge >= 0.3 is 0 Å². The molecule has 3 aliphatic carbocycles. The number of aromatic nitrogens is 1. The third-order valence-electron chi connectivity index (χ3n) is 11.7. The Kier molecular flexibility index (Phi) is 4.91. The zero-order valence-electron chi connectivity index (χ0n) is 26.9. The highest BCUT2D eigenvalue weighted by atomic mass is 14.7. The van der Waals surface area contributed by atoms with E-state index in [2.05, 4.69) is 166 Å². The smallest absolute Gasteiger partial charge is 0.0788 e. The summed E-state index contributed by atoms with van der Waals surface area (Å²) in [5.74, 6) is 0. The van der Waals surface area contributed by atoms with Crippen LogP contribution in [0.5, 0.6) is 0 Å². The topological polar surface area (TPSA) is 12.9 Å². The Hall–Kier alpha value is -5.79. The Morgan fingerprint density at radius 2 is 0.854 bits per heavy atom. The first kappa shape index (κ1) is 26.3. The van der Waals surface area contributed by atoms with Gasteiger partial charge in [0.15, 0.2) is 0 Å². The number of hydrogen-bond donors (Lipinski definition) is 0. The summed E-state index contributed by atoms with van der Waals surface area (Å²) >= 11 is 0. The average molecular weight is 610 g/mol. The van der Waals surface area contributed by atoms with Crippen LogP contribution < -0.4 is 0 Å². The Morgan fingerprint density at radius 1 is 0.375 bits per heavy atom.